The van der Waals surface area contributed by atoms with Crippen LogP contribution in [-0.2, 0) is 42.2 Å². The molecule has 0 amide bonds. The van der Waals surface area contributed by atoms with E-state index in [0.29, 0.717) is 24.6 Å². The van der Waals surface area contributed by atoms with Crippen molar-refractivity contribution in [3.63, 3.8) is 0 Å². The van der Waals surface area contributed by atoms with Gasteiger partial charge in [0.25, 0.3) is 0 Å². The number of hydrogen-bond donors (Lipinski definition) is 0. The van der Waals surface area contributed by atoms with Crippen molar-refractivity contribution in [2.24, 2.45) is 0 Å². The van der Waals surface area contributed by atoms with E-state index >= 15 is 0 Å². The molecule has 0 bridgehead atoms. The first-order valence-electron chi connectivity index (χ1n) is 18.8. The summed E-state index contributed by atoms with van der Waals surface area (Å²) in [5.74, 6) is 1.71. The maximum Gasteiger partial charge on any atom is 0.193 e. The highest BCUT2D eigenvalue weighted by Crippen LogP contribution is 2.68. The number of nitrogens with zero attached hydrogens (tertiary/aromatic N) is 4. The van der Waals surface area contributed by atoms with Gasteiger partial charge in [-0.15, -0.1) is 13.2 Å². The van der Waals surface area contributed by atoms with Gasteiger partial charge >= 0.3 is 0 Å². The number of benzene rings is 3. The number of hydrogen-bond acceptors (Lipinski definition) is 8. The molecule has 4 aliphatic rings. The first kappa shape index (κ1) is 38.0. The molecular weight excluding hydrogens is 661 g/mol. The second-order valence-corrected chi connectivity index (χ2v) is 16.1. The second kappa shape index (κ2) is 13.9. The van der Waals surface area contributed by atoms with E-state index in [1.807, 2.05) is 26.0 Å². The van der Waals surface area contributed by atoms with E-state index in [2.05, 4.69) is 89.0 Å². The quantitative estimate of drug-likeness (QED) is 0.150. The Balaban J connectivity index is 0.00000236. The van der Waals surface area contributed by atoms with Gasteiger partial charge in [-0.25, -0.2) is 0 Å². The lowest BCUT2D eigenvalue weighted by atomic mass is 9.68. The summed E-state index contributed by atoms with van der Waals surface area (Å²) < 4.78 is 24.9. The van der Waals surface area contributed by atoms with Crippen molar-refractivity contribution >= 4 is 0 Å². The summed E-state index contributed by atoms with van der Waals surface area (Å²) in [5, 5.41) is 20.8. The molecule has 0 saturated carbocycles. The fraction of sp³-hybridized carbons (Fsp3) is 0.467. The number of methoxy groups -OCH3 is 2. The Morgan fingerprint density at radius 3 is 1.72 bits per heavy atom. The Morgan fingerprint density at radius 2 is 1.25 bits per heavy atom. The van der Waals surface area contributed by atoms with Crippen LogP contribution in [0.3, 0.4) is 0 Å². The maximum absolute atomic E-state index is 10.4. The van der Waals surface area contributed by atoms with Gasteiger partial charge in [0.05, 0.1) is 14.2 Å². The minimum absolute atomic E-state index is 0.0624. The molecule has 53 heavy (non-hydrogen) atoms. The zero-order valence-electron chi connectivity index (χ0n) is 33.3. The standard InChI is InChI=1S/C43H48N4O4.C2H6/c1-11-15-46(7)21-29-26-14-13-25(26)17-31-34(29)43(23-41(31,3)4)24-42(5,6)32-18-33-36(30(35(32)43)22-47(8)16-12-2)51-40-28(20-45)38(49-10)37(48-9)27(19-44)39(40)50-33;1-2/h11-12,17-18H,1-2,13-16,21-24H2,3-10H3;1-2H3. The number of rotatable bonds is 10. The number of likely N-dealkylation sites (N-methyl/N-ethyl adjacent to an activating group) is 2. The van der Waals surface area contributed by atoms with Crippen LogP contribution in [-0.4, -0.2) is 51.2 Å². The van der Waals surface area contributed by atoms with Crippen molar-refractivity contribution in [3.8, 4) is 46.6 Å². The molecule has 8 heteroatoms. The molecule has 0 aromatic heterocycles. The van der Waals surface area contributed by atoms with Crippen molar-refractivity contribution in [2.75, 3.05) is 41.4 Å². The number of fused-ring (bicyclic) bond motifs is 7. The molecule has 3 aromatic carbocycles. The van der Waals surface area contributed by atoms with E-state index < -0.39 is 0 Å². The van der Waals surface area contributed by atoms with Gasteiger partial charge in [-0.1, -0.05) is 59.8 Å². The van der Waals surface area contributed by atoms with Gasteiger partial charge in [0.2, 0.25) is 0 Å². The first-order chi connectivity index (χ1) is 25.3. The average molecular weight is 715 g/mol. The lowest BCUT2D eigenvalue weighted by Crippen LogP contribution is -2.32. The summed E-state index contributed by atoms with van der Waals surface area (Å²) in [6, 6.07) is 9.13. The monoisotopic (exact) mass is 714 g/mol. The Bertz CT molecular complexity index is 2100. The predicted octanol–water partition coefficient (Wildman–Crippen LogP) is 9.35. The van der Waals surface area contributed by atoms with Crippen molar-refractivity contribution in [1.29, 1.82) is 10.5 Å². The van der Waals surface area contributed by atoms with Crippen molar-refractivity contribution in [2.45, 2.75) is 96.6 Å². The molecule has 7 rings (SSSR count). The minimum atomic E-state index is -0.289. The van der Waals surface area contributed by atoms with E-state index in [-0.39, 0.29) is 50.4 Å². The molecule has 1 spiro atoms. The van der Waals surface area contributed by atoms with Crippen molar-refractivity contribution < 1.29 is 18.9 Å². The Hall–Kier alpha value is -4.76. The zero-order valence-corrected chi connectivity index (χ0v) is 33.3. The Labute approximate surface area is 316 Å². The molecule has 1 unspecified atom stereocenters. The van der Waals surface area contributed by atoms with Crippen LogP contribution in [0.2, 0.25) is 0 Å². The van der Waals surface area contributed by atoms with Gasteiger partial charge in [0, 0.05) is 37.2 Å². The molecular formula is C45H54N4O4. The van der Waals surface area contributed by atoms with Gasteiger partial charge in [-0.2, -0.15) is 10.5 Å². The third-order valence-corrected chi connectivity index (χ3v) is 11.6. The SMILES string of the molecule is C=CCN(C)Cc1c2c(cc3c1C1(CC3(C)C)CC(C)(C)c3cc4c(c(CN(C)CC=C)c31)Oc1c(C#N)c(OC)c(OC)c(C#N)c1O4)CC2.CC. The van der Waals surface area contributed by atoms with E-state index in [0.717, 1.165) is 44.3 Å². The molecule has 3 aromatic rings. The lowest BCUT2D eigenvalue weighted by molar-refractivity contribution is 0.313. The summed E-state index contributed by atoms with van der Waals surface area (Å²) in [4.78, 5) is 4.61. The van der Waals surface area contributed by atoms with Gasteiger partial charge < -0.3 is 18.9 Å². The minimum Gasteiger partial charge on any atom is -0.491 e. The van der Waals surface area contributed by atoms with Crippen LogP contribution in [0.4, 0.5) is 0 Å². The summed E-state index contributed by atoms with van der Waals surface area (Å²) >= 11 is 0. The summed E-state index contributed by atoms with van der Waals surface area (Å²) in [7, 11) is 7.18. The van der Waals surface area contributed by atoms with E-state index in [9.17, 15) is 10.5 Å². The topological polar surface area (TPSA) is 91.0 Å². The van der Waals surface area contributed by atoms with Crippen LogP contribution in [0.5, 0.6) is 34.5 Å². The summed E-state index contributed by atoms with van der Waals surface area (Å²) in [6.45, 7) is 24.5. The number of aryl methyl sites for hydroxylation is 1. The van der Waals surface area contributed by atoms with E-state index in [4.69, 9.17) is 18.9 Å². The Morgan fingerprint density at radius 1 is 0.755 bits per heavy atom. The van der Waals surface area contributed by atoms with Crippen molar-refractivity contribution in [1.82, 2.24) is 9.80 Å². The average Bonchev–Trinajstić information content (AvgIpc) is 3.46. The normalized spacial score (nSPS) is 18.8. The van der Waals surface area contributed by atoms with Gasteiger partial charge in [-0.3, -0.25) is 9.80 Å². The van der Waals surface area contributed by atoms with Crippen LogP contribution >= 0.6 is 0 Å². The summed E-state index contributed by atoms with van der Waals surface area (Å²) in [5.41, 5.74) is 10.7. The molecule has 278 valence electrons. The van der Waals surface area contributed by atoms with E-state index in [1.54, 1.807) is 0 Å². The Kier molecular flexibility index (Phi) is 9.96. The largest absolute Gasteiger partial charge is 0.491 e. The highest BCUT2D eigenvalue weighted by atomic mass is 16.6. The van der Waals surface area contributed by atoms with E-state index in [1.165, 1.54) is 53.2 Å². The van der Waals surface area contributed by atoms with Crippen LogP contribution in [0, 0.1) is 22.7 Å². The molecule has 0 fully saturated rings. The van der Waals surface area contributed by atoms with Crippen LogP contribution in [0.25, 0.3) is 0 Å². The zero-order chi connectivity index (χ0) is 38.6. The fourth-order valence-electron chi connectivity index (χ4n) is 9.84. The van der Waals surface area contributed by atoms with Crippen LogP contribution < -0.4 is 18.9 Å². The van der Waals surface area contributed by atoms with Crippen molar-refractivity contribution in [3.05, 3.63) is 93.1 Å². The summed E-state index contributed by atoms with van der Waals surface area (Å²) in [6.07, 6.45) is 8.02. The van der Waals surface area contributed by atoms with Crippen LogP contribution in [0.15, 0.2) is 37.4 Å². The number of ether oxygens (including phenoxy) is 4. The van der Waals surface area contributed by atoms with Gasteiger partial charge in [0.1, 0.15) is 23.3 Å². The highest BCUT2D eigenvalue weighted by molar-refractivity contribution is 5.78. The molecule has 0 saturated heterocycles. The molecule has 0 N–H and O–H groups in total. The molecule has 1 atom stereocenters. The maximum atomic E-state index is 10.4. The van der Waals surface area contributed by atoms with Gasteiger partial charge in [-0.05, 0) is 95.6 Å². The first-order valence-corrected chi connectivity index (χ1v) is 18.8. The third kappa shape index (κ3) is 5.70. The molecule has 1 heterocycles. The molecule has 0 radical (unpaired) electrons. The molecule has 8 nitrogen and oxygen atoms in total. The smallest absolute Gasteiger partial charge is 0.193 e. The molecule has 1 aliphatic heterocycles. The fourth-order valence-corrected chi connectivity index (χ4v) is 9.84. The van der Waals surface area contributed by atoms with Gasteiger partial charge in [0.15, 0.2) is 34.5 Å². The second-order valence-electron chi connectivity index (χ2n) is 16.1. The van der Waals surface area contributed by atoms with Crippen LogP contribution in [0.1, 0.15) is 110 Å². The highest BCUT2D eigenvalue weighted by Gasteiger charge is 2.59. The number of nitriles is 2. The lowest BCUT2D eigenvalue weighted by Gasteiger charge is -2.37. The predicted molar refractivity (Wildman–Crippen MR) is 210 cm³/mol. The third-order valence-electron chi connectivity index (χ3n) is 11.6. The molecule has 3 aliphatic carbocycles.